The van der Waals surface area contributed by atoms with E-state index in [2.05, 4.69) is 31.7 Å². The number of halogens is 4. The molecule has 162 valence electrons. The van der Waals surface area contributed by atoms with Crippen LogP contribution in [0.25, 0.3) is 0 Å². The Kier molecular flexibility index (Phi) is 4.85. The number of alkyl halides is 3. The first kappa shape index (κ1) is 20.2. The number of aromatic nitrogens is 2. The minimum Gasteiger partial charge on any atom is -0.454 e. The molecule has 2 aliphatic heterocycles. The van der Waals surface area contributed by atoms with Crippen LogP contribution in [0.4, 0.5) is 24.7 Å². The Balaban J connectivity index is 1.47. The second-order valence-corrected chi connectivity index (χ2v) is 8.76. The van der Waals surface area contributed by atoms with E-state index in [0.717, 1.165) is 9.56 Å². The number of fused-ring (bicyclic) bond motifs is 2. The van der Waals surface area contributed by atoms with Crippen LogP contribution in [0.1, 0.15) is 33.9 Å². The minimum absolute atomic E-state index is 0.0853. The number of rotatable bonds is 3. The second-order valence-electron chi connectivity index (χ2n) is 6.98. The predicted molar refractivity (Wildman–Crippen MR) is 111 cm³/mol. The van der Waals surface area contributed by atoms with Gasteiger partial charge in [-0.3, -0.25) is 4.79 Å². The zero-order chi connectivity index (χ0) is 21.8. The molecule has 1 amide bonds. The molecule has 2 aromatic heterocycles. The second kappa shape index (κ2) is 7.45. The van der Waals surface area contributed by atoms with Crippen LogP contribution in [0.3, 0.4) is 0 Å². The molecule has 2 aliphatic rings. The maximum atomic E-state index is 13.8. The van der Waals surface area contributed by atoms with E-state index in [0.29, 0.717) is 17.2 Å². The summed E-state index contributed by atoms with van der Waals surface area (Å²) >= 11 is 4.64. The molecular weight excluding hydrogens is 501 g/mol. The molecule has 1 aromatic carbocycles. The summed E-state index contributed by atoms with van der Waals surface area (Å²) in [6.07, 6.45) is -4.75. The van der Waals surface area contributed by atoms with E-state index in [9.17, 15) is 18.0 Å². The van der Waals surface area contributed by atoms with Gasteiger partial charge in [0.05, 0.1) is 10.5 Å². The molecule has 0 radical (unpaired) electrons. The monoisotopic (exact) mass is 514 g/mol. The van der Waals surface area contributed by atoms with Gasteiger partial charge in [0.25, 0.3) is 5.91 Å². The van der Waals surface area contributed by atoms with Crippen LogP contribution in [0, 0.1) is 0 Å². The fourth-order valence-electron chi connectivity index (χ4n) is 3.58. The highest BCUT2D eigenvalue weighted by atomic mass is 79.9. The van der Waals surface area contributed by atoms with Crippen LogP contribution in [0.15, 0.2) is 40.2 Å². The largest absolute Gasteiger partial charge is 0.454 e. The molecule has 0 aliphatic carbocycles. The Morgan fingerprint density at radius 3 is 2.84 bits per heavy atom. The third-order valence-electron chi connectivity index (χ3n) is 5.03. The molecule has 0 saturated carbocycles. The molecule has 0 bridgehead atoms. The molecule has 2 unspecified atom stereocenters. The Bertz CT molecular complexity index is 1150. The van der Waals surface area contributed by atoms with Gasteiger partial charge >= 0.3 is 6.18 Å². The summed E-state index contributed by atoms with van der Waals surface area (Å²) < 4.78 is 53.0. The number of carbonyl (C=O) groups excluding carboxylic acids is 1. The molecule has 4 heterocycles. The van der Waals surface area contributed by atoms with Gasteiger partial charge in [-0.25, -0.2) is 4.68 Å². The van der Waals surface area contributed by atoms with Crippen molar-refractivity contribution in [3.8, 4) is 11.5 Å². The number of thiophene rings is 1. The van der Waals surface area contributed by atoms with Crippen molar-refractivity contribution in [3.05, 3.63) is 50.8 Å². The summed E-state index contributed by atoms with van der Waals surface area (Å²) in [6.45, 7) is 0.0853. The summed E-state index contributed by atoms with van der Waals surface area (Å²) in [7, 11) is 0. The third kappa shape index (κ3) is 3.63. The van der Waals surface area contributed by atoms with Gasteiger partial charge in [0.15, 0.2) is 23.2 Å². The van der Waals surface area contributed by atoms with Crippen LogP contribution in [-0.2, 0) is 0 Å². The molecule has 2 N–H and O–H groups in total. The maximum absolute atomic E-state index is 13.8. The zero-order valence-electron chi connectivity index (χ0n) is 15.6. The first-order valence-corrected chi connectivity index (χ1v) is 10.8. The van der Waals surface area contributed by atoms with E-state index in [1.165, 1.54) is 11.3 Å². The van der Waals surface area contributed by atoms with E-state index in [-0.39, 0.29) is 29.2 Å². The number of benzene rings is 1. The molecule has 12 heteroatoms. The zero-order valence-corrected chi connectivity index (χ0v) is 18.0. The Hall–Kier alpha value is -2.73. The third-order valence-corrected chi connectivity index (χ3v) is 6.76. The van der Waals surface area contributed by atoms with Crippen molar-refractivity contribution in [2.24, 2.45) is 0 Å². The molecule has 0 fully saturated rings. The number of hydrogen-bond donors (Lipinski definition) is 2. The van der Waals surface area contributed by atoms with Crippen molar-refractivity contribution >= 4 is 44.7 Å². The van der Waals surface area contributed by atoms with Crippen LogP contribution in [0.5, 0.6) is 11.5 Å². The van der Waals surface area contributed by atoms with Crippen molar-refractivity contribution in [1.29, 1.82) is 0 Å². The molecule has 0 saturated heterocycles. The highest BCUT2D eigenvalue weighted by molar-refractivity contribution is 9.10. The Labute approximate surface area is 186 Å². The van der Waals surface area contributed by atoms with E-state index in [1.807, 2.05) is 5.38 Å². The number of amides is 1. The average molecular weight is 515 g/mol. The fraction of sp³-hybridized carbons (Fsp3) is 0.263. The van der Waals surface area contributed by atoms with Gasteiger partial charge in [0.1, 0.15) is 5.82 Å². The number of ether oxygens (including phenoxy) is 2. The first-order valence-electron chi connectivity index (χ1n) is 9.17. The predicted octanol–water partition coefficient (Wildman–Crippen LogP) is 5.35. The molecule has 5 rings (SSSR count). The number of hydrogen-bond acceptors (Lipinski definition) is 6. The summed E-state index contributed by atoms with van der Waals surface area (Å²) in [5.74, 6) is 0.484. The fourth-order valence-corrected chi connectivity index (χ4v) is 4.92. The van der Waals surface area contributed by atoms with Gasteiger partial charge in [0.2, 0.25) is 6.79 Å². The summed E-state index contributed by atoms with van der Waals surface area (Å²) in [4.78, 5) is 13.6. The topological polar surface area (TPSA) is 77.4 Å². The summed E-state index contributed by atoms with van der Waals surface area (Å²) in [5, 5.41) is 11.5. The van der Waals surface area contributed by atoms with Crippen molar-refractivity contribution in [1.82, 2.24) is 9.78 Å². The lowest BCUT2D eigenvalue weighted by Gasteiger charge is -2.33. The lowest BCUT2D eigenvalue weighted by Crippen LogP contribution is -2.35. The number of nitrogens with one attached hydrogen (secondary N) is 2. The van der Waals surface area contributed by atoms with E-state index in [1.54, 1.807) is 30.3 Å². The molecule has 31 heavy (non-hydrogen) atoms. The van der Waals surface area contributed by atoms with Gasteiger partial charge in [-0.2, -0.15) is 18.3 Å². The number of nitrogens with zero attached hydrogens (tertiary/aromatic N) is 2. The number of anilines is 2. The van der Waals surface area contributed by atoms with Crippen molar-refractivity contribution in [2.45, 2.75) is 24.7 Å². The highest BCUT2D eigenvalue weighted by Gasteiger charge is 2.48. The summed E-state index contributed by atoms with van der Waals surface area (Å²) in [5.41, 5.74) is 0.255. The van der Waals surface area contributed by atoms with Gasteiger partial charge in [-0.05, 0) is 39.5 Å². The standard InChI is InChI=1S/C19H14BrF3N4O3S/c20-15-16(18(28)24-9-3-4-11-12(6-9)30-8-29-11)26-27-14(19(21,22)23)7-10(25-17(15)27)13-2-1-5-31-13/h1-6,10,14,25H,7-8H2,(H,24,28). The smallest absolute Gasteiger partial charge is 0.410 e. The molecular formula is C19H14BrF3N4O3S. The van der Waals surface area contributed by atoms with Crippen LogP contribution in [0.2, 0.25) is 0 Å². The molecule has 2 atom stereocenters. The van der Waals surface area contributed by atoms with E-state index < -0.39 is 24.2 Å². The van der Waals surface area contributed by atoms with E-state index in [4.69, 9.17) is 9.47 Å². The molecule has 3 aromatic rings. The average Bonchev–Trinajstić information content (AvgIpc) is 3.46. The Morgan fingerprint density at radius 2 is 2.10 bits per heavy atom. The summed E-state index contributed by atoms with van der Waals surface area (Å²) in [6, 6.07) is 5.99. The maximum Gasteiger partial charge on any atom is 0.410 e. The lowest BCUT2D eigenvalue weighted by atomic mass is 10.0. The van der Waals surface area contributed by atoms with Crippen molar-refractivity contribution in [3.63, 3.8) is 0 Å². The van der Waals surface area contributed by atoms with E-state index >= 15 is 0 Å². The van der Waals surface area contributed by atoms with Gasteiger partial charge in [-0.1, -0.05) is 6.07 Å². The van der Waals surface area contributed by atoms with Crippen LogP contribution in [-0.4, -0.2) is 28.7 Å². The quantitative estimate of drug-likeness (QED) is 0.492. The van der Waals surface area contributed by atoms with Crippen molar-refractivity contribution in [2.75, 3.05) is 17.4 Å². The normalized spacial score (nSPS) is 19.6. The van der Waals surface area contributed by atoms with Crippen LogP contribution >= 0.6 is 27.3 Å². The lowest BCUT2D eigenvalue weighted by molar-refractivity contribution is -0.173. The van der Waals surface area contributed by atoms with Crippen molar-refractivity contribution < 1.29 is 27.4 Å². The molecule has 7 nitrogen and oxygen atoms in total. The minimum atomic E-state index is -4.52. The molecule has 0 spiro atoms. The first-order chi connectivity index (χ1) is 14.8. The SMILES string of the molecule is O=C(Nc1ccc2c(c1)OCO2)c1nn2c(c1Br)NC(c1cccs1)CC2C(F)(F)F. The number of carbonyl (C=O) groups is 1. The van der Waals surface area contributed by atoms with Gasteiger partial charge in [0, 0.05) is 23.1 Å². The highest BCUT2D eigenvalue weighted by Crippen LogP contribution is 2.47. The van der Waals surface area contributed by atoms with Gasteiger partial charge in [-0.15, -0.1) is 11.3 Å². The Morgan fingerprint density at radius 1 is 1.29 bits per heavy atom. The van der Waals surface area contributed by atoms with Crippen LogP contribution < -0.4 is 20.1 Å². The van der Waals surface area contributed by atoms with Gasteiger partial charge < -0.3 is 20.1 Å².